The summed E-state index contributed by atoms with van der Waals surface area (Å²) in [6.07, 6.45) is 8.10. The van der Waals surface area contributed by atoms with E-state index in [4.69, 9.17) is 5.11 Å². The molecule has 0 aliphatic rings. The van der Waals surface area contributed by atoms with Crippen LogP contribution in [0, 0.1) is 5.92 Å². The largest absolute Gasteiger partial charge is 0.481 e. The lowest BCUT2D eigenvalue weighted by molar-refractivity contribution is -0.141. The number of anilines is 1. The number of likely N-dealkylation sites (N-methyl/N-ethyl adjacent to an activating group) is 1. The molecule has 0 fully saturated rings. The predicted molar refractivity (Wildman–Crippen MR) is 101 cm³/mol. The number of rotatable bonds is 8. The second-order valence-electron chi connectivity index (χ2n) is 5.78. The summed E-state index contributed by atoms with van der Waals surface area (Å²) in [4.78, 5) is 33.6. The fourth-order valence-corrected chi connectivity index (χ4v) is 2.44. The van der Waals surface area contributed by atoms with Crippen molar-refractivity contribution in [2.45, 2.75) is 38.8 Å². The number of carbonyl (C=O) groups is 2. The van der Waals surface area contributed by atoms with Gasteiger partial charge in [-0.3, -0.25) is 14.5 Å². The van der Waals surface area contributed by atoms with Crippen LogP contribution in [0.3, 0.4) is 0 Å². The Bertz CT molecular complexity index is 686. The maximum atomic E-state index is 12.7. The van der Waals surface area contributed by atoms with Gasteiger partial charge < -0.3 is 5.11 Å². The van der Waals surface area contributed by atoms with Crippen LogP contribution in [0.1, 0.15) is 33.6 Å². The fraction of sp³-hybridized carbons (Fsp3) is 0.444. The minimum Gasteiger partial charge on any atom is -0.481 e. The molecule has 25 heavy (non-hydrogen) atoms. The molecule has 7 heteroatoms. The topological polar surface area (TPSA) is 83.4 Å². The van der Waals surface area contributed by atoms with Crippen LogP contribution in [0.15, 0.2) is 40.7 Å². The number of allylic oxidation sites excluding steroid dienone is 3. The molecule has 0 unspecified atom stereocenters. The Morgan fingerprint density at radius 3 is 2.68 bits per heavy atom. The number of aliphatic carboxylic acids is 1. The first-order valence-corrected chi connectivity index (χ1v) is 9.21. The quantitative estimate of drug-likeness (QED) is 0.329. The van der Waals surface area contributed by atoms with E-state index in [1.165, 1.54) is 16.7 Å². The molecule has 0 aromatic carbocycles. The summed E-state index contributed by atoms with van der Waals surface area (Å²) < 4.78 is 0. The van der Waals surface area contributed by atoms with Gasteiger partial charge in [0.05, 0.1) is 5.92 Å². The molecule has 0 aliphatic carbocycles. The molecule has 0 radical (unpaired) electrons. The molecule has 1 N–H and O–H groups in total. The van der Waals surface area contributed by atoms with Crippen LogP contribution in [0.5, 0.6) is 0 Å². The third kappa shape index (κ3) is 6.34. The first kappa shape index (κ1) is 20.9. The Morgan fingerprint density at radius 2 is 2.12 bits per heavy atom. The van der Waals surface area contributed by atoms with Gasteiger partial charge in [0.25, 0.3) is 5.91 Å². The van der Waals surface area contributed by atoms with Crippen molar-refractivity contribution in [3.8, 4) is 0 Å². The number of carboxylic acid groups (broad SMARTS) is 1. The predicted octanol–water partition coefficient (Wildman–Crippen LogP) is 3.55. The molecule has 1 rings (SSSR count). The van der Waals surface area contributed by atoms with Crippen LogP contribution in [0.25, 0.3) is 0 Å². The van der Waals surface area contributed by atoms with E-state index in [0.29, 0.717) is 29.4 Å². The molecule has 0 saturated heterocycles. The summed E-state index contributed by atoms with van der Waals surface area (Å²) >= 11 is 1.42. The Hall–Kier alpha value is -2.15. The smallest absolute Gasteiger partial charge is 0.306 e. The van der Waals surface area contributed by atoms with Crippen LogP contribution in [0.2, 0.25) is 0 Å². The number of hydrogen-bond donors (Lipinski definition) is 1. The SMILES string of the molecule is C/C=C(/C/C(C)=C\C[C@@H](C)C(=O)O)C(=O)N(C)c1ccnc(SC)n1. The highest BCUT2D eigenvalue weighted by molar-refractivity contribution is 7.98. The number of thioether (sulfide) groups is 1. The van der Waals surface area contributed by atoms with Gasteiger partial charge in [-0.25, -0.2) is 9.97 Å². The lowest BCUT2D eigenvalue weighted by Crippen LogP contribution is -2.28. The Balaban J connectivity index is 2.83. The van der Waals surface area contributed by atoms with Gasteiger partial charge >= 0.3 is 5.97 Å². The number of aromatic nitrogens is 2. The third-order valence-electron chi connectivity index (χ3n) is 3.78. The monoisotopic (exact) mass is 363 g/mol. The van der Waals surface area contributed by atoms with E-state index in [0.717, 1.165) is 5.57 Å². The Morgan fingerprint density at radius 1 is 1.44 bits per heavy atom. The van der Waals surface area contributed by atoms with Crippen LogP contribution in [0.4, 0.5) is 5.82 Å². The highest BCUT2D eigenvalue weighted by Crippen LogP contribution is 2.19. The van der Waals surface area contributed by atoms with Gasteiger partial charge in [-0.2, -0.15) is 0 Å². The molecular weight excluding hydrogens is 338 g/mol. The van der Waals surface area contributed by atoms with Gasteiger partial charge in [0.2, 0.25) is 0 Å². The van der Waals surface area contributed by atoms with Crippen molar-refractivity contribution >= 4 is 29.5 Å². The number of carbonyl (C=O) groups excluding carboxylic acids is 1. The summed E-state index contributed by atoms with van der Waals surface area (Å²) in [6.45, 7) is 5.39. The van der Waals surface area contributed by atoms with Crippen molar-refractivity contribution in [1.29, 1.82) is 0 Å². The summed E-state index contributed by atoms with van der Waals surface area (Å²) in [5.74, 6) is -0.843. The van der Waals surface area contributed by atoms with Crippen LogP contribution >= 0.6 is 11.8 Å². The standard InChI is InChI=1S/C18H25N3O3S/c1-6-14(11-12(2)7-8-13(3)17(23)24)16(22)21(4)15-9-10-19-18(20-15)25-5/h6-7,9-10,13H,8,11H2,1-5H3,(H,23,24)/b12-7-,14-6-/t13-/m1/s1. The van der Waals surface area contributed by atoms with E-state index in [9.17, 15) is 9.59 Å². The van der Waals surface area contributed by atoms with E-state index in [1.807, 2.05) is 26.2 Å². The molecule has 0 aliphatic heterocycles. The summed E-state index contributed by atoms with van der Waals surface area (Å²) in [5, 5.41) is 9.55. The maximum absolute atomic E-state index is 12.7. The van der Waals surface area contributed by atoms with Gasteiger partial charge in [-0.1, -0.05) is 36.4 Å². The Labute approximate surface area is 153 Å². The van der Waals surface area contributed by atoms with E-state index in [1.54, 1.807) is 32.3 Å². The average molecular weight is 363 g/mol. The van der Waals surface area contributed by atoms with Gasteiger partial charge in [0, 0.05) is 18.8 Å². The van der Waals surface area contributed by atoms with Gasteiger partial charge in [0.1, 0.15) is 5.82 Å². The molecule has 1 atom stereocenters. The van der Waals surface area contributed by atoms with E-state index < -0.39 is 11.9 Å². The zero-order valence-corrected chi connectivity index (χ0v) is 16.1. The first-order chi connectivity index (χ1) is 11.8. The van der Waals surface area contributed by atoms with Crippen molar-refractivity contribution in [3.05, 3.63) is 35.6 Å². The molecule has 6 nitrogen and oxygen atoms in total. The fourth-order valence-electron chi connectivity index (χ4n) is 2.09. The minimum atomic E-state index is -0.820. The zero-order chi connectivity index (χ0) is 19.0. The van der Waals surface area contributed by atoms with Crippen LogP contribution < -0.4 is 4.90 Å². The van der Waals surface area contributed by atoms with E-state index >= 15 is 0 Å². The van der Waals surface area contributed by atoms with E-state index in [-0.39, 0.29) is 5.91 Å². The molecule has 1 amide bonds. The number of carboxylic acids is 1. The molecule has 1 heterocycles. The summed E-state index contributed by atoms with van der Waals surface area (Å²) in [5.41, 5.74) is 1.61. The van der Waals surface area contributed by atoms with Crippen LogP contribution in [-0.2, 0) is 9.59 Å². The minimum absolute atomic E-state index is 0.132. The van der Waals surface area contributed by atoms with Crippen molar-refractivity contribution in [1.82, 2.24) is 9.97 Å². The third-order valence-corrected chi connectivity index (χ3v) is 4.35. The van der Waals surface area contributed by atoms with Crippen molar-refractivity contribution < 1.29 is 14.7 Å². The average Bonchev–Trinajstić information content (AvgIpc) is 2.62. The van der Waals surface area contributed by atoms with Crippen molar-refractivity contribution in [2.75, 3.05) is 18.2 Å². The first-order valence-electron chi connectivity index (χ1n) is 7.98. The number of amides is 1. The molecule has 0 bridgehead atoms. The molecule has 136 valence electrons. The second-order valence-corrected chi connectivity index (χ2v) is 6.56. The highest BCUT2D eigenvalue weighted by Gasteiger charge is 2.18. The Kier molecular flexibility index (Phi) is 8.34. The lowest BCUT2D eigenvalue weighted by atomic mass is 10.0. The second kappa shape index (κ2) is 9.98. The maximum Gasteiger partial charge on any atom is 0.306 e. The molecule has 0 spiro atoms. The number of hydrogen-bond acceptors (Lipinski definition) is 5. The highest BCUT2D eigenvalue weighted by atomic mass is 32.2. The van der Waals surface area contributed by atoms with Crippen LogP contribution in [-0.4, -0.2) is 40.3 Å². The molecule has 0 saturated carbocycles. The van der Waals surface area contributed by atoms with Crippen molar-refractivity contribution in [3.63, 3.8) is 0 Å². The lowest BCUT2D eigenvalue weighted by Gasteiger charge is -2.18. The van der Waals surface area contributed by atoms with E-state index in [2.05, 4.69) is 9.97 Å². The normalized spacial score (nSPS) is 13.5. The molecular formula is C18H25N3O3S. The van der Waals surface area contributed by atoms with Crippen molar-refractivity contribution in [2.24, 2.45) is 5.92 Å². The van der Waals surface area contributed by atoms with Gasteiger partial charge in [0.15, 0.2) is 5.16 Å². The summed E-state index contributed by atoms with van der Waals surface area (Å²) in [6, 6.07) is 1.70. The molecule has 1 aromatic rings. The van der Waals surface area contributed by atoms with Gasteiger partial charge in [-0.05, 0) is 39.0 Å². The molecule has 1 aromatic heterocycles. The number of nitrogens with zero attached hydrogens (tertiary/aromatic N) is 3. The van der Waals surface area contributed by atoms with Gasteiger partial charge in [-0.15, -0.1) is 0 Å². The summed E-state index contributed by atoms with van der Waals surface area (Å²) in [7, 11) is 1.68. The zero-order valence-electron chi connectivity index (χ0n) is 15.3.